The second kappa shape index (κ2) is 12.3. The highest BCUT2D eigenvalue weighted by atomic mass is 16.5. The molecule has 2 aromatic carbocycles. The lowest BCUT2D eigenvalue weighted by molar-refractivity contribution is -0.131. The van der Waals surface area contributed by atoms with Gasteiger partial charge in [-0.15, -0.1) is 0 Å². The van der Waals surface area contributed by atoms with Gasteiger partial charge in [-0.25, -0.2) is 9.97 Å². The summed E-state index contributed by atoms with van der Waals surface area (Å²) in [5.41, 5.74) is 3.54. The number of anilines is 2. The number of carbonyl (C=O) groups excluding carboxylic acids is 1. The normalized spacial score (nSPS) is 14.2. The van der Waals surface area contributed by atoms with Crippen LogP contribution in [0.2, 0.25) is 0 Å². The van der Waals surface area contributed by atoms with Gasteiger partial charge in [0.1, 0.15) is 35.5 Å². The van der Waals surface area contributed by atoms with Crippen LogP contribution in [0.3, 0.4) is 0 Å². The van der Waals surface area contributed by atoms with Gasteiger partial charge in [-0.3, -0.25) is 14.7 Å². The summed E-state index contributed by atoms with van der Waals surface area (Å²) in [5, 5.41) is 4.21. The Kier molecular flexibility index (Phi) is 8.40. The van der Waals surface area contributed by atoms with Gasteiger partial charge in [0.2, 0.25) is 5.91 Å². The molecule has 0 bridgehead atoms. The van der Waals surface area contributed by atoms with E-state index in [0.717, 1.165) is 46.7 Å². The van der Waals surface area contributed by atoms with Crippen molar-refractivity contribution in [3.05, 3.63) is 72.3 Å². The van der Waals surface area contributed by atoms with Gasteiger partial charge >= 0.3 is 0 Å². The number of likely N-dealkylation sites (tertiary alicyclic amines) is 1. The molecule has 0 unspecified atom stereocenters. The highest BCUT2D eigenvalue weighted by Gasteiger charge is 2.20. The molecule has 1 N–H and O–H groups in total. The zero-order valence-corrected chi connectivity index (χ0v) is 23.6. The average molecular weight is 541 g/mol. The first kappa shape index (κ1) is 27.3. The molecule has 1 aliphatic rings. The number of hydrogen-bond acceptors (Lipinski definition) is 8. The number of aryl methyl sites for hydroxylation is 2. The summed E-state index contributed by atoms with van der Waals surface area (Å²) in [6, 6.07) is 15.5. The molecule has 1 atom stereocenters. The zero-order chi connectivity index (χ0) is 28.1. The van der Waals surface area contributed by atoms with E-state index in [1.807, 2.05) is 76.3 Å². The van der Waals surface area contributed by atoms with Crippen molar-refractivity contribution in [1.29, 1.82) is 0 Å². The molecule has 0 aliphatic carbocycles. The largest absolute Gasteiger partial charge is 0.488 e. The van der Waals surface area contributed by atoms with Crippen LogP contribution in [-0.4, -0.2) is 70.0 Å². The third-order valence-corrected chi connectivity index (χ3v) is 7.02. The SMILES string of the molecule is Cc1ccc(Oc2ccc(Nc3ncnc4cccc(O[C@@H](C)CN(C)C(=O)CN5CCCC5)c34)cc2C)cn1. The number of carbonyl (C=O) groups is 1. The van der Waals surface area contributed by atoms with Gasteiger partial charge in [-0.1, -0.05) is 6.07 Å². The molecular weight excluding hydrogens is 504 g/mol. The minimum absolute atomic E-state index is 0.113. The molecule has 4 aromatic rings. The molecule has 1 saturated heterocycles. The van der Waals surface area contributed by atoms with Gasteiger partial charge in [0, 0.05) is 18.4 Å². The van der Waals surface area contributed by atoms with Crippen LogP contribution < -0.4 is 14.8 Å². The highest BCUT2D eigenvalue weighted by Crippen LogP contribution is 2.34. The van der Waals surface area contributed by atoms with Crippen molar-refractivity contribution in [2.45, 2.75) is 39.7 Å². The molecule has 2 aromatic heterocycles. The molecule has 0 spiro atoms. The van der Waals surface area contributed by atoms with E-state index in [-0.39, 0.29) is 12.0 Å². The number of benzene rings is 2. The van der Waals surface area contributed by atoms with Crippen LogP contribution in [0.4, 0.5) is 11.5 Å². The first-order chi connectivity index (χ1) is 19.4. The van der Waals surface area contributed by atoms with Crippen LogP contribution in [0.5, 0.6) is 17.2 Å². The number of aromatic nitrogens is 3. The monoisotopic (exact) mass is 540 g/mol. The second-order valence-corrected chi connectivity index (χ2v) is 10.4. The average Bonchev–Trinajstić information content (AvgIpc) is 3.44. The van der Waals surface area contributed by atoms with Crippen molar-refractivity contribution in [2.75, 3.05) is 38.5 Å². The van der Waals surface area contributed by atoms with Crippen LogP contribution in [0.25, 0.3) is 10.9 Å². The fourth-order valence-corrected chi connectivity index (χ4v) is 4.89. The van der Waals surface area contributed by atoms with Crippen molar-refractivity contribution in [3.8, 4) is 17.2 Å². The second-order valence-electron chi connectivity index (χ2n) is 10.4. The van der Waals surface area contributed by atoms with E-state index >= 15 is 0 Å². The Bertz CT molecular complexity index is 1460. The van der Waals surface area contributed by atoms with Crippen molar-refractivity contribution in [3.63, 3.8) is 0 Å². The van der Waals surface area contributed by atoms with E-state index in [1.54, 1.807) is 11.1 Å². The predicted octanol–water partition coefficient (Wildman–Crippen LogP) is 5.50. The lowest BCUT2D eigenvalue weighted by Crippen LogP contribution is -2.41. The van der Waals surface area contributed by atoms with E-state index in [4.69, 9.17) is 9.47 Å². The number of ether oxygens (including phenoxy) is 2. The number of hydrogen-bond donors (Lipinski definition) is 1. The van der Waals surface area contributed by atoms with Crippen molar-refractivity contribution < 1.29 is 14.3 Å². The van der Waals surface area contributed by atoms with E-state index in [1.165, 1.54) is 19.2 Å². The van der Waals surface area contributed by atoms with E-state index < -0.39 is 0 Å². The Morgan fingerprint density at radius 2 is 1.88 bits per heavy atom. The summed E-state index contributed by atoms with van der Waals surface area (Å²) < 4.78 is 12.4. The Morgan fingerprint density at radius 1 is 1.05 bits per heavy atom. The highest BCUT2D eigenvalue weighted by molar-refractivity contribution is 5.95. The molecule has 3 heterocycles. The fourth-order valence-electron chi connectivity index (χ4n) is 4.89. The standard InChI is InChI=1S/C31H36N6O3/c1-21-16-24(11-13-27(21)40-25-12-10-22(2)32-17-25)35-31-30-26(33-20-34-31)8-7-9-28(30)39-23(3)18-36(4)29(38)19-37-14-5-6-15-37/h7-13,16-17,20,23H,5-6,14-15,18-19H2,1-4H3,(H,33,34,35)/t23-/m0/s1. The fraction of sp³-hybridized carbons (Fsp3) is 0.355. The number of nitrogens with one attached hydrogen (secondary N) is 1. The zero-order valence-electron chi connectivity index (χ0n) is 23.6. The minimum Gasteiger partial charge on any atom is -0.488 e. The number of amides is 1. The molecule has 9 nitrogen and oxygen atoms in total. The van der Waals surface area contributed by atoms with Gasteiger partial charge < -0.3 is 19.7 Å². The van der Waals surface area contributed by atoms with Crippen molar-refractivity contribution >= 4 is 28.3 Å². The molecular formula is C31H36N6O3. The van der Waals surface area contributed by atoms with E-state index in [2.05, 4.69) is 25.2 Å². The molecule has 0 radical (unpaired) electrons. The van der Waals surface area contributed by atoms with Crippen LogP contribution in [0, 0.1) is 13.8 Å². The number of likely N-dealkylation sites (N-methyl/N-ethyl adjacent to an activating group) is 1. The third-order valence-electron chi connectivity index (χ3n) is 7.02. The topological polar surface area (TPSA) is 92.7 Å². The first-order valence-electron chi connectivity index (χ1n) is 13.7. The minimum atomic E-state index is -0.221. The van der Waals surface area contributed by atoms with Crippen LogP contribution in [-0.2, 0) is 4.79 Å². The lowest BCUT2D eigenvalue weighted by Gasteiger charge is -2.25. The van der Waals surface area contributed by atoms with Gasteiger partial charge in [0.15, 0.2) is 0 Å². The Morgan fingerprint density at radius 3 is 2.62 bits per heavy atom. The first-order valence-corrected chi connectivity index (χ1v) is 13.7. The van der Waals surface area contributed by atoms with Crippen LogP contribution in [0.1, 0.15) is 31.0 Å². The van der Waals surface area contributed by atoms with Crippen LogP contribution >= 0.6 is 0 Å². The molecule has 1 aliphatic heterocycles. The van der Waals surface area contributed by atoms with Crippen molar-refractivity contribution in [1.82, 2.24) is 24.8 Å². The number of rotatable bonds is 10. The molecule has 40 heavy (non-hydrogen) atoms. The molecule has 1 fully saturated rings. The summed E-state index contributed by atoms with van der Waals surface area (Å²) in [6.07, 6.45) is 5.37. The summed E-state index contributed by atoms with van der Waals surface area (Å²) in [6.45, 7) is 8.85. The molecule has 1 amide bonds. The van der Waals surface area contributed by atoms with Gasteiger partial charge in [0.25, 0.3) is 0 Å². The Balaban J connectivity index is 1.29. The number of pyridine rings is 1. The quantitative estimate of drug-likeness (QED) is 0.282. The third kappa shape index (κ3) is 6.66. The number of fused-ring (bicyclic) bond motifs is 1. The van der Waals surface area contributed by atoms with E-state index in [9.17, 15) is 4.79 Å². The maximum absolute atomic E-state index is 12.7. The summed E-state index contributed by atoms with van der Waals surface area (Å²) in [7, 11) is 1.84. The molecule has 0 saturated carbocycles. The molecule has 208 valence electrons. The van der Waals surface area contributed by atoms with Gasteiger partial charge in [-0.05, 0) is 94.7 Å². The molecule has 9 heteroatoms. The van der Waals surface area contributed by atoms with Gasteiger partial charge in [-0.2, -0.15) is 0 Å². The summed E-state index contributed by atoms with van der Waals surface area (Å²) >= 11 is 0. The van der Waals surface area contributed by atoms with Crippen LogP contribution in [0.15, 0.2) is 61.1 Å². The van der Waals surface area contributed by atoms with Crippen molar-refractivity contribution in [2.24, 2.45) is 0 Å². The number of nitrogens with zero attached hydrogens (tertiary/aromatic N) is 5. The predicted molar refractivity (Wildman–Crippen MR) is 156 cm³/mol. The lowest BCUT2D eigenvalue weighted by atomic mass is 10.1. The summed E-state index contributed by atoms with van der Waals surface area (Å²) in [4.78, 5) is 30.0. The Hall–Kier alpha value is -4.24. The molecule has 5 rings (SSSR count). The van der Waals surface area contributed by atoms with E-state index in [0.29, 0.717) is 30.4 Å². The summed E-state index contributed by atoms with van der Waals surface area (Å²) in [5.74, 6) is 2.86. The smallest absolute Gasteiger partial charge is 0.236 e. The Labute approximate surface area is 235 Å². The maximum Gasteiger partial charge on any atom is 0.236 e. The maximum atomic E-state index is 12.7. The van der Waals surface area contributed by atoms with Gasteiger partial charge in [0.05, 0.1) is 30.2 Å².